The van der Waals surface area contributed by atoms with Crippen molar-refractivity contribution in [2.75, 3.05) is 24.6 Å². The maximum absolute atomic E-state index is 12.3. The zero-order chi connectivity index (χ0) is 20.4. The molecule has 0 atom stereocenters. The minimum Gasteiger partial charge on any atom is -0.274 e. The average Bonchev–Trinajstić information content (AvgIpc) is 3.13. The molecule has 148 valence electrons. The van der Waals surface area contributed by atoms with E-state index in [-0.39, 0.29) is 23.6 Å². The number of hydrogen-bond acceptors (Lipinski definition) is 5. The van der Waals surface area contributed by atoms with E-state index in [4.69, 9.17) is 0 Å². The molecule has 7 heteroatoms. The van der Waals surface area contributed by atoms with E-state index in [2.05, 4.69) is 0 Å². The number of carbonyl (C=O) groups is 4. The Morgan fingerprint density at radius 2 is 0.862 bits per heavy atom. The van der Waals surface area contributed by atoms with E-state index in [0.29, 0.717) is 48.2 Å². The molecule has 0 saturated heterocycles. The average molecular weight is 408 g/mol. The van der Waals surface area contributed by atoms with Crippen LogP contribution in [0.5, 0.6) is 0 Å². The van der Waals surface area contributed by atoms with Crippen molar-refractivity contribution in [2.24, 2.45) is 0 Å². The summed E-state index contributed by atoms with van der Waals surface area (Å²) in [4.78, 5) is 51.8. The molecule has 0 aliphatic carbocycles. The Kier molecular flexibility index (Phi) is 5.49. The molecule has 0 fully saturated rings. The highest BCUT2D eigenvalue weighted by atomic mass is 32.2. The van der Waals surface area contributed by atoms with Gasteiger partial charge in [-0.1, -0.05) is 24.3 Å². The van der Waals surface area contributed by atoms with Gasteiger partial charge in [0.05, 0.1) is 22.3 Å². The number of thioether (sulfide) groups is 1. The van der Waals surface area contributed by atoms with E-state index in [1.54, 1.807) is 60.3 Å². The third-order valence-corrected chi connectivity index (χ3v) is 6.25. The molecule has 4 rings (SSSR count). The smallest absolute Gasteiger partial charge is 0.261 e. The number of fused-ring (bicyclic) bond motifs is 2. The van der Waals surface area contributed by atoms with E-state index in [0.717, 1.165) is 11.5 Å². The first-order valence-corrected chi connectivity index (χ1v) is 10.7. The number of amides is 4. The van der Waals surface area contributed by atoms with Gasteiger partial charge in [-0.3, -0.25) is 29.0 Å². The van der Waals surface area contributed by atoms with Gasteiger partial charge in [-0.25, -0.2) is 0 Å². The van der Waals surface area contributed by atoms with Gasteiger partial charge in [0.1, 0.15) is 0 Å². The normalized spacial score (nSPS) is 15.3. The number of benzene rings is 2. The van der Waals surface area contributed by atoms with Gasteiger partial charge in [0.25, 0.3) is 23.6 Å². The third-order valence-electron chi connectivity index (χ3n) is 5.10. The molecule has 0 spiro atoms. The summed E-state index contributed by atoms with van der Waals surface area (Å²) >= 11 is 1.69. The lowest BCUT2D eigenvalue weighted by molar-refractivity contribution is 0.0640. The van der Waals surface area contributed by atoms with Gasteiger partial charge in [-0.15, -0.1) is 0 Å². The van der Waals surface area contributed by atoms with Crippen molar-refractivity contribution in [3.05, 3.63) is 70.8 Å². The first kappa shape index (κ1) is 19.4. The van der Waals surface area contributed by atoms with Crippen molar-refractivity contribution in [3.63, 3.8) is 0 Å². The monoisotopic (exact) mass is 408 g/mol. The molecule has 0 saturated carbocycles. The summed E-state index contributed by atoms with van der Waals surface area (Å²) < 4.78 is 0. The highest BCUT2D eigenvalue weighted by Gasteiger charge is 2.35. The van der Waals surface area contributed by atoms with Crippen molar-refractivity contribution >= 4 is 35.4 Å². The second-order valence-corrected chi connectivity index (χ2v) is 8.16. The van der Waals surface area contributed by atoms with Crippen LogP contribution in [0.25, 0.3) is 0 Å². The minimum absolute atomic E-state index is 0.221. The summed E-state index contributed by atoms with van der Waals surface area (Å²) in [5, 5.41) is 0. The molecule has 2 aromatic rings. The highest BCUT2D eigenvalue weighted by Crippen LogP contribution is 2.24. The zero-order valence-electron chi connectivity index (χ0n) is 15.8. The number of carbonyl (C=O) groups excluding carboxylic acids is 4. The minimum atomic E-state index is -0.221. The fourth-order valence-electron chi connectivity index (χ4n) is 3.64. The summed E-state index contributed by atoms with van der Waals surface area (Å²) in [6.07, 6.45) is 1.42. The van der Waals surface area contributed by atoms with E-state index >= 15 is 0 Å². The molecule has 2 aliphatic heterocycles. The van der Waals surface area contributed by atoms with Crippen LogP contribution in [-0.4, -0.2) is 58.0 Å². The Hall–Kier alpha value is -2.93. The van der Waals surface area contributed by atoms with Crippen LogP contribution in [0, 0.1) is 0 Å². The van der Waals surface area contributed by atoms with Gasteiger partial charge in [-0.2, -0.15) is 11.8 Å². The Bertz CT molecular complexity index is 854. The first-order valence-electron chi connectivity index (χ1n) is 9.58. The molecule has 29 heavy (non-hydrogen) atoms. The Balaban J connectivity index is 1.17. The topological polar surface area (TPSA) is 74.8 Å². The van der Waals surface area contributed by atoms with Crippen molar-refractivity contribution in [2.45, 2.75) is 12.8 Å². The molecule has 0 aromatic heterocycles. The van der Waals surface area contributed by atoms with Crippen LogP contribution in [0.2, 0.25) is 0 Å². The molecular formula is C22H20N2O4S. The maximum atomic E-state index is 12.3. The summed E-state index contributed by atoms with van der Waals surface area (Å²) in [5.41, 5.74) is 1.91. The molecule has 0 radical (unpaired) electrons. The predicted molar refractivity (Wildman–Crippen MR) is 110 cm³/mol. The summed E-state index contributed by atoms with van der Waals surface area (Å²) in [6, 6.07) is 13.8. The van der Waals surface area contributed by atoms with Crippen LogP contribution in [-0.2, 0) is 0 Å². The van der Waals surface area contributed by atoms with Crippen LogP contribution in [0.1, 0.15) is 54.3 Å². The molecule has 2 aromatic carbocycles. The fourth-order valence-corrected chi connectivity index (χ4v) is 4.51. The second-order valence-electron chi connectivity index (χ2n) is 6.93. The zero-order valence-corrected chi connectivity index (χ0v) is 16.6. The number of imide groups is 2. The fraction of sp³-hybridized carbons (Fsp3) is 0.273. The lowest BCUT2D eigenvalue weighted by atomic mass is 10.1. The predicted octanol–water partition coefficient (Wildman–Crippen LogP) is 3.09. The van der Waals surface area contributed by atoms with E-state index in [1.165, 1.54) is 9.80 Å². The van der Waals surface area contributed by atoms with Gasteiger partial charge in [0, 0.05) is 13.1 Å². The number of rotatable bonds is 8. The second kappa shape index (κ2) is 8.21. The summed E-state index contributed by atoms with van der Waals surface area (Å²) in [6.45, 7) is 0.801. The molecule has 0 unspecified atom stereocenters. The van der Waals surface area contributed by atoms with Gasteiger partial charge in [0.2, 0.25) is 0 Å². The lowest BCUT2D eigenvalue weighted by Crippen LogP contribution is -2.31. The van der Waals surface area contributed by atoms with Crippen molar-refractivity contribution in [3.8, 4) is 0 Å². The standard InChI is InChI=1S/C22H20N2O4S/c25-19-15-7-1-2-8-16(15)20(26)23(19)11-5-13-29-14-6-12-24-21(27)17-9-3-4-10-18(17)22(24)28/h1-4,7-10H,5-6,11-14H2. The van der Waals surface area contributed by atoms with E-state index in [9.17, 15) is 19.2 Å². The summed E-state index contributed by atoms with van der Waals surface area (Å²) in [7, 11) is 0. The highest BCUT2D eigenvalue weighted by molar-refractivity contribution is 7.99. The molecular weight excluding hydrogens is 388 g/mol. The lowest BCUT2D eigenvalue weighted by Gasteiger charge is -2.14. The Labute approximate surface area is 172 Å². The first-order chi connectivity index (χ1) is 14.1. The van der Waals surface area contributed by atoms with Crippen LogP contribution in [0.3, 0.4) is 0 Å². The van der Waals surface area contributed by atoms with E-state index < -0.39 is 0 Å². The molecule has 4 amide bonds. The molecule has 6 nitrogen and oxygen atoms in total. The molecule has 0 bridgehead atoms. The van der Waals surface area contributed by atoms with Crippen LogP contribution in [0.15, 0.2) is 48.5 Å². The quantitative estimate of drug-likeness (QED) is 0.496. The molecule has 0 N–H and O–H groups in total. The SMILES string of the molecule is O=C1c2ccccc2C(=O)N1CCCSCCCN1C(=O)c2ccccc2C1=O. The van der Waals surface area contributed by atoms with Gasteiger partial charge in [-0.05, 0) is 48.6 Å². The molecule has 2 aliphatic rings. The molecule has 2 heterocycles. The van der Waals surface area contributed by atoms with Crippen molar-refractivity contribution < 1.29 is 19.2 Å². The van der Waals surface area contributed by atoms with Crippen LogP contribution in [0.4, 0.5) is 0 Å². The van der Waals surface area contributed by atoms with Crippen molar-refractivity contribution in [1.82, 2.24) is 9.80 Å². The summed E-state index contributed by atoms with van der Waals surface area (Å²) in [5.74, 6) is 0.718. The van der Waals surface area contributed by atoms with E-state index in [1.807, 2.05) is 0 Å². The van der Waals surface area contributed by atoms with Gasteiger partial charge < -0.3 is 0 Å². The van der Waals surface area contributed by atoms with Crippen molar-refractivity contribution in [1.29, 1.82) is 0 Å². The van der Waals surface area contributed by atoms with Crippen LogP contribution >= 0.6 is 11.8 Å². The number of nitrogens with zero attached hydrogens (tertiary/aromatic N) is 2. The largest absolute Gasteiger partial charge is 0.274 e. The van der Waals surface area contributed by atoms with Crippen LogP contribution < -0.4 is 0 Å². The van der Waals surface area contributed by atoms with Gasteiger partial charge in [0.15, 0.2) is 0 Å². The maximum Gasteiger partial charge on any atom is 0.261 e. The third kappa shape index (κ3) is 3.58. The Morgan fingerprint density at radius 1 is 0.552 bits per heavy atom. The number of hydrogen-bond donors (Lipinski definition) is 0. The van der Waals surface area contributed by atoms with Gasteiger partial charge >= 0.3 is 0 Å². The Morgan fingerprint density at radius 3 is 1.17 bits per heavy atom.